The minimum Gasteiger partial charge on any atom is -0.374 e. The van der Waals surface area contributed by atoms with Gasteiger partial charge >= 0.3 is 0 Å². The molecule has 1 amide bonds. The van der Waals surface area contributed by atoms with Gasteiger partial charge in [0.2, 0.25) is 0 Å². The predicted octanol–water partition coefficient (Wildman–Crippen LogP) is 3.44. The average Bonchev–Trinajstić information content (AvgIpc) is 2.89. The van der Waals surface area contributed by atoms with Gasteiger partial charge in [0, 0.05) is 43.6 Å². The topological polar surface area (TPSA) is 83.4 Å². The molecule has 198 valence electrons. The molecule has 0 aliphatic carbocycles. The second-order valence-corrected chi connectivity index (χ2v) is 9.43. The van der Waals surface area contributed by atoms with E-state index < -0.39 is 23.1 Å². The van der Waals surface area contributed by atoms with E-state index in [1.54, 1.807) is 6.20 Å². The first-order valence-electron chi connectivity index (χ1n) is 12.2. The Bertz CT molecular complexity index is 1500. The maximum atomic E-state index is 13.6. The number of aromatic nitrogens is 3. The highest BCUT2D eigenvalue weighted by atomic mass is 19.2. The molecule has 0 atom stereocenters. The van der Waals surface area contributed by atoms with Crippen molar-refractivity contribution in [1.29, 1.82) is 0 Å². The Hall–Kier alpha value is -4.18. The van der Waals surface area contributed by atoms with Crippen LogP contribution >= 0.6 is 0 Å². The zero-order valence-corrected chi connectivity index (χ0v) is 21.6. The molecule has 0 radical (unpaired) electrons. The summed E-state index contributed by atoms with van der Waals surface area (Å²) in [4.78, 5) is 38.5. The molecule has 10 heteroatoms. The molecular formula is C28H30F2N6O2. The molecule has 1 N–H and O–H groups in total. The highest BCUT2D eigenvalue weighted by Gasteiger charge is 2.14. The maximum Gasteiger partial charge on any atom is 0.266 e. The van der Waals surface area contributed by atoms with Crippen LogP contribution < -0.4 is 15.8 Å². The molecule has 0 saturated carbocycles. The molecular weight excluding hydrogens is 490 g/mol. The molecule has 0 spiro atoms. The monoisotopic (exact) mass is 520 g/mol. The summed E-state index contributed by atoms with van der Waals surface area (Å²) in [7, 11) is 6.15. The SMILES string of the molecule is CN(C)CCCN(C)c1ccnc2ccc(CNC(=O)c3cncn(Cc4ccc(F)c(F)c4)c3=O)cc12. The highest BCUT2D eigenvalue weighted by Crippen LogP contribution is 2.26. The molecule has 2 aromatic carbocycles. The number of rotatable bonds is 10. The summed E-state index contributed by atoms with van der Waals surface area (Å²) in [5.74, 6) is -2.56. The van der Waals surface area contributed by atoms with Gasteiger partial charge < -0.3 is 15.1 Å². The van der Waals surface area contributed by atoms with Gasteiger partial charge in [0.1, 0.15) is 5.56 Å². The number of nitrogens with one attached hydrogen (secondary N) is 1. The zero-order valence-electron chi connectivity index (χ0n) is 21.6. The van der Waals surface area contributed by atoms with Crippen molar-refractivity contribution >= 4 is 22.5 Å². The summed E-state index contributed by atoms with van der Waals surface area (Å²) in [6, 6.07) is 11.1. The van der Waals surface area contributed by atoms with Gasteiger partial charge in [0.05, 0.1) is 18.4 Å². The van der Waals surface area contributed by atoms with E-state index in [-0.39, 0.29) is 18.7 Å². The summed E-state index contributed by atoms with van der Waals surface area (Å²) in [5, 5.41) is 3.76. The van der Waals surface area contributed by atoms with Crippen LogP contribution in [0.25, 0.3) is 10.9 Å². The molecule has 0 aliphatic rings. The smallest absolute Gasteiger partial charge is 0.266 e. The quantitative estimate of drug-likeness (QED) is 0.345. The maximum absolute atomic E-state index is 13.6. The predicted molar refractivity (Wildman–Crippen MR) is 143 cm³/mol. The number of carbonyl (C=O) groups excluding carboxylic acids is 1. The Morgan fingerprint density at radius 2 is 1.79 bits per heavy atom. The van der Waals surface area contributed by atoms with Crippen molar-refractivity contribution in [2.45, 2.75) is 19.5 Å². The van der Waals surface area contributed by atoms with E-state index in [1.807, 2.05) is 31.3 Å². The number of fused-ring (bicyclic) bond motifs is 1. The van der Waals surface area contributed by atoms with Gasteiger partial charge in [-0.05, 0) is 68.5 Å². The van der Waals surface area contributed by atoms with E-state index in [0.717, 1.165) is 53.8 Å². The van der Waals surface area contributed by atoms with Crippen LogP contribution in [-0.4, -0.2) is 59.6 Å². The number of carbonyl (C=O) groups is 1. The first-order chi connectivity index (χ1) is 18.2. The fraction of sp³-hybridized carbons (Fsp3) is 0.286. The lowest BCUT2D eigenvalue weighted by atomic mass is 10.1. The van der Waals surface area contributed by atoms with Crippen molar-refractivity contribution in [2.75, 3.05) is 39.1 Å². The van der Waals surface area contributed by atoms with Gasteiger partial charge in [0.25, 0.3) is 11.5 Å². The second kappa shape index (κ2) is 11.9. The van der Waals surface area contributed by atoms with E-state index in [1.165, 1.54) is 23.2 Å². The average molecular weight is 521 g/mol. The van der Waals surface area contributed by atoms with E-state index in [2.05, 4.69) is 39.2 Å². The lowest BCUT2D eigenvalue weighted by Crippen LogP contribution is -2.33. The van der Waals surface area contributed by atoms with Crippen LogP contribution in [-0.2, 0) is 13.1 Å². The Balaban J connectivity index is 1.47. The van der Waals surface area contributed by atoms with Crippen molar-refractivity contribution in [3.05, 3.63) is 99.9 Å². The van der Waals surface area contributed by atoms with Gasteiger partial charge in [-0.25, -0.2) is 13.8 Å². The van der Waals surface area contributed by atoms with Crippen molar-refractivity contribution in [2.24, 2.45) is 0 Å². The van der Waals surface area contributed by atoms with Gasteiger partial charge in [-0.15, -0.1) is 0 Å². The third-order valence-corrected chi connectivity index (χ3v) is 6.23. The van der Waals surface area contributed by atoms with Gasteiger partial charge in [0.15, 0.2) is 11.6 Å². The second-order valence-electron chi connectivity index (χ2n) is 9.43. The first-order valence-corrected chi connectivity index (χ1v) is 12.2. The Kier molecular flexibility index (Phi) is 8.42. The molecule has 8 nitrogen and oxygen atoms in total. The number of pyridine rings is 1. The summed E-state index contributed by atoms with van der Waals surface area (Å²) < 4.78 is 28.0. The number of anilines is 1. The number of benzene rings is 2. The number of amides is 1. The molecule has 4 aromatic rings. The fourth-order valence-electron chi connectivity index (χ4n) is 4.20. The number of halogens is 2. The summed E-state index contributed by atoms with van der Waals surface area (Å²) in [6.45, 7) is 2.02. The minimum absolute atomic E-state index is 0.0489. The lowest BCUT2D eigenvalue weighted by Gasteiger charge is -2.22. The Morgan fingerprint density at radius 1 is 1.00 bits per heavy atom. The molecule has 4 rings (SSSR count). The largest absolute Gasteiger partial charge is 0.374 e. The highest BCUT2D eigenvalue weighted by molar-refractivity contribution is 5.94. The van der Waals surface area contributed by atoms with Crippen LogP contribution in [0.3, 0.4) is 0 Å². The first kappa shape index (κ1) is 26.9. The summed E-state index contributed by atoms with van der Waals surface area (Å²) in [5.41, 5.74) is 2.41. The van der Waals surface area contributed by atoms with E-state index >= 15 is 0 Å². The Labute approximate surface area is 219 Å². The van der Waals surface area contributed by atoms with Crippen LogP contribution in [0.2, 0.25) is 0 Å². The lowest BCUT2D eigenvalue weighted by molar-refractivity contribution is 0.0948. The molecule has 0 bridgehead atoms. The van der Waals surface area contributed by atoms with Crippen LogP contribution in [0, 0.1) is 11.6 Å². The minimum atomic E-state index is -1.01. The van der Waals surface area contributed by atoms with Crippen LogP contribution in [0.1, 0.15) is 27.9 Å². The van der Waals surface area contributed by atoms with E-state index in [0.29, 0.717) is 5.56 Å². The number of hydrogen-bond acceptors (Lipinski definition) is 6. The number of hydrogen-bond donors (Lipinski definition) is 1. The van der Waals surface area contributed by atoms with Gasteiger partial charge in [-0.3, -0.25) is 19.1 Å². The van der Waals surface area contributed by atoms with Crippen molar-refractivity contribution in [3.8, 4) is 0 Å². The van der Waals surface area contributed by atoms with Crippen LogP contribution in [0.5, 0.6) is 0 Å². The molecule has 38 heavy (non-hydrogen) atoms. The number of nitrogens with zero attached hydrogens (tertiary/aromatic N) is 5. The van der Waals surface area contributed by atoms with Gasteiger partial charge in [-0.2, -0.15) is 0 Å². The van der Waals surface area contributed by atoms with Crippen LogP contribution in [0.4, 0.5) is 14.5 Å². The molecule has 0 aliphatic heterocycles. The van der Waals surface area contributed by atoms with E-state index in [4.69, 9.17) is 0 Å². The Morgan fingerprint density at radius 3 is 2.55 bits per heavy atom. The summed E-state index contributed by atoms with van der Waals surface area (Å²) >= 11 is 0. The summed E-state index contributed by atoms with van der Waals surface area (Å²) in [6.07, 6.45) is 5.26. The van der Waals surface area contributed by atoms with Crippen molar-refractivity contribution < 1.29 is 13.6 Å². The molecule has 2 aromatic heterocycles. The normalized spacial score (nSPS) is 11.2. The zero-order chi connectivity index (χ0) is 27.2. The third kappa shape index (κ3) is 6.38. The molecule has 2 heterocycles. The van der Waals surface area contributed by atoms with E-state index in [9.17, 15) is 18.4 Å². The molecule has 0 fully saturated rings. The fourth-order valence-corrected chi connectivity index (χ4v) is 4.20. The third-order valence-electron chi connectivity index (χ3n) is 6.23. The van der Waals surface area contributed by atoms with Gasteiger partial charge in [-0.1, -0.05) is 12.1 Å². The molecule has 0 unspecified atom stereocenters. The van der Waals surface area contributed by atoms with Crippen LogP contribution in [0.15, 0.2) is 66.0 Å². The molecule has 0 saturated heterocycles. The standard InChI is InChI=1S/C28H30F2N6O2/c1-34(2)11-4-12-35(3)26-9-10-32-25-8-6-19(13-21(25)26)15-33-27(37)22-16-31-18-36(28(22)38)17-20-5-7-23(29)24(30)14-20/h5-10,13-14,16,18H,4,11-12,15,17H2,1-3H3,(H,33,37). The van der Waals surface area contributed by atoms with Crippen molar-refractivity contribution in [3.63, 3.8) is 0 Å². The van der Waals surface area contributed by atoms with Crippen molar-refractivity contribution in [1.82, 2.24) is 24.8 Å².